The van der Waals surface area contributed by atoms with Gasteiger partial charge in [-0.3, -0.25) is 0 Å². The third-order valence-electron chi connectivity index (χ3n) is 6.91. The second-order valence-electron chi connectivity index (χ2n) is 9.33. The number of fused-ring (bicyclic) bond motifs is 1. The third-order valence-corrected chi connectivity index (χ3v) is 6.91. The maximum absolute atomic E-state index is 6.36. The summed E-state index contributed by atoms with van der Waals surface area (Å²) in [4.78, 5) is 0. The number of rotatable bonds is 4. The van der Waals surface area contributed by atoms with E-state index in [4.69, 9.17) is 4.74 Å². The van der Waals surface area contributed by atoms with E-state index in [1.165, 1.54) is 28.2 Å². The molecular weight excluding hydrogens is 450 g/mol. The molecule has 0 N–H and O–H groups in total. The van der Waals surface area contributed by atoms with Gasteiger partial charge in [0.1, 0.15) is 11.5 Å². The molecule has 0 fully saturated rings. The molecule has 2 nitrogen and oxygen atoms in total. The minimum atomic E-state index is 0.850. The van der Waals surface area contributed by atoms with Gasteiger partial charge in [-0.25, -0.2) is 0 Å². The Bertz CT molecular complexity index is 1530. The van der Waals surface area contributed by atoms with Crippen LogP contribution in [-0.2, 0) is 4.74 Å². The van der Waals surface area contributed by atoms with E-state index in [-0.39, 0.29) is 0 Å². The molecule has 3 aromatic rings. The first-order valence-electron chi connectivity index (χ1n) is 12.6. The molecule has 3 aliphatic rings. The summed E-state index contributed by atoms with van der Waals surface area (Å²) >= 11 is 0. The van der Waals surface area contributed by atoms with E-state index in [1.807, 2.05) is 36.4 Å². The topological polar surface area (TPSA) is 13.1 Å². The average molecular weight is 479 g/mol. The van der Waals surface area contributed by atoms with Gasteiger partial charge >= 0.3 is 0 Å². The number of hydrogen-bond donors (Lipinski definition) is 0. The lowest BCUT2D eigenvalue weighted by atomic mass is 10.0. The number of ether oxygens (including phenoxy) is 1. The van der Waals surface area contributed by atoms with Gasteiger partial charge in [-0.2, -0.15) is 4.57 Å². The molecule has 1 aliphatic carbocycles. The molecule has 0 amide bonds. The van der Waals surface area contributed by atoms with Gasteiger partial charge in [-0.15, -0.1) is 0 Å². The highest BCUT2D eigenvalue weighted by Gasteiger charge is 2.26. The fraction of sp³-hybridized carbons (Fsp3) is 0.0571. The van der Waals surface area contributed by atoms with Crippen LogP contribution in [0.25, 0.3) is 34.4 Å². The number of allylic oxidation sites excluding steroid dienone is 3. The normalized spacial score (nSPS) is 13.1. The first-order chi connectivity index (χ1) is 18.2. The van der Waals surface area contributed by atoms with Crippen molar-refractivity contribution in [2.24, 2.45) is 0 Å². The van der Waals surface area contributed by atoms with Crippen molar-refractivity contribution in [1.82, 2.24) is 0 Å². The molecule has 0 spiro atoms. The van der Waals surface area contributed by atoms with Crippen LogP contribution in [0.4, 0.5) is 0 Å². The minimum Gasteiger partial charge on any atom is -0.456 e. The van der Waals surface area contributed by atoms with E-state index < -0.39 is 0 Å². The number of aromatic nitrogens is 1. The smallest absolute Gasteiger partial charge is 0.211 e. The molecule has 0 atom stereocenters. The largest absolute Gasteiger partial charge is 0.456 e. The lowest BCUT2D eigenvalue weighted by molar-refractivity contribution is -0.604. The molecule has 178 valence electrons. The first kappa shape index (κ1) is 22.8. The van der Waals surface area contributed by atoms with E-state index >= 15 is 0 Å². The van der Waals surface area contributed by atoms with Crippen molar-refractivity contribution in [3.05, 3.63) is 161 Å². The molecule has 0 saturated heterocycles. The highest BCUT2D eigenvalue weighted by molar-refractivity contribution is 5.81. The molecule has 0 saturated carbocycles. The van der Waals surface area contributed by atoms with E-state index in [1.54, 1.807) is 0 Å². The molecule has 6 rings (SSSR count). The summed E-state index contributed by atoms with van der Waals surface area (Å²) in [6, 6.07) is 40.0. The number of hydrogen-bond acceptors (Lipinski definition) is 1. The second-order valence-corrected chi connectivity index (χ2v) is 9.33. The van der Waals surface area contributed by atoms with E-state index in [9.17, 15) is 0 Å². The Morgan fingerprint density at radius 2 is 1.00 bits per heavy atom. The second kappa shape index (κ2) is 9.75. The summed E-state index contributed by atoms with van der Waals surface area (Å²) in [5, 5.41) is 0. The van der Waals surface area contributed by atoms with Crippen molar-refractivity contribution in [2.75, 3.05) is 0 Å². The SMILES string of the molecule is Cc1c2ccc(C=C3C=C(c4ccccc4)OC(c4ccccc4)=C3)ccc-2c(C)[n+]1-c1ccccc1. The van der Waals surface area contributed by atoms with Crippen molar-refractivity contribution in [2.45, 2.75) is 13.8 Å². The van der Waals surface area contributed by atoms with Gasteiger partial charge in [0.15, 0.2) is 11.4 Å². The highest BCUT2D eigenvalue weighted by Crippen LogP contribution is 2.33. The molecule has 2 heterocycles. The highest BCUT2D eigenvalue weighted by atomic mass is 16.5. The van der Waals surface area contributed by atoms with Gasteiger partial charge < -0.3 is 4.74 Å². The predicted molar refractivity (Wildman–Crippen MR) is 152 cm³/mol. The monoisotopic (exact) mass is 478 g/mol. The summed E-state index contributed by atoms with van der Waals surface area (Å²) in [6.45, 7) is 4.39. The van der Waals surface area contributed by atoms with Crippen LogP contribution >= 0.6 is 0 Å². The summed E-state index contributed by atoms with van der Waals surface area (Å²) in [6.07, 6.45) is 6.46. The van der Waals surface area contributed by atoms with Crippen molar-refractivity contribution in [3.8, 4) is 16.8 Å². The van der Waals surface area contributed by atoms with Crippen LogP contribution < -0.4 is 4.57 Å². The fourth-order valence-corrected chi connectivity index (χ4v) is 5.07. The van der Waals surface area contributed by atoms with Crippen LogP contribution in [0.5, 0.6) is 0 Å². The van der Waals surface area contributed by atoms with Crippen molar-refractivity contribution in [3.63, 3.8) is 0 Å². The Labute approximate surface area is 218 Å². The van der Waals surface area contributed by atoms with Gasteiger partial charge in [0.05, 0.1) is 11.1 Å². The van der Waals surface area contributed by atoms with E-state index in [2.05, 4.69) is 116 Å². The zero-order valence-corrected chi connectivity index (χ0v) is 21.1. The first-order valence-corrected chi connectivity index (χ1v) is 12.6. The number of nitrogens with zero attached hydrogens (tertiary/aromatic N) is 1. The van der Waals surface area contributed by atoms with Gasteiger partial charge in [-0.05, 0) is 41.5 Å². The summed E-state index contributed by atoms with van der Waals surface area (Å²) < 4.78 is 8.70. The maximum Gasteiger partial charge on any atom is 0.211 e. The molecule has 3 aromatic carbocycles. The van der Waals surface area contributed by atoms with Crippen molar-refractivity contribution in [1.29, 1.82) is 0 Å². The Morgan fingerprint density at radius 1 is 0.541 bits per heavy atom. The molecular formula is C35H28NO+. The lowest BCUT2D eigenvalue weighted by Crippen LogP contribution is -2.34. The molecule has 2 aliphatic heterocycles. The molecule has 2 heteroatoms. The van der Waals surface area contributed by atoms with Gasteiger partial charge in [0.25, 0.3) is 0 Å². The van der Waals surface area contributed by atoms with Crippen LogP contribution in [-0.4, -0.2) is 0 Å². The Morgan fingerprint density at radius 3 is 1.49 bits per heavy atom. The van der Waals surface area contributed by atoms with Crippen LogP contribution in [0, 0.1) is 13.8 Å². The molecule has 0 unspecified atom stereocenters. The van der Waals surface area contributed by atoms with E-state index in [0.717, 1.165) is 33.8 Å². The summed E-state index contributed by atoms with van der Waals surface area (Å²) in [7, 11) is 0. The average Bonchev–Trinajstić information content (AvgIpc) is 3.07. The molecule has 0 aromatic heterocycles. The van der Waals surface area contributed by atoms with Crippen LogP contribution in [0.2, 0.25) is 0 Å². The molecule has 0 bridgehead atoms. The van der Waals surface area contributed by atoms with Crippen molar-refractivity contribution < 1.29 is 9.30 Å². The van der Waals surface area contributed by atoms with E-state index in [0.29, 0.717) is 0 Å². The predicted octanol–water partition coefficient (Wildman–Crippen LogP) is 8.18. The maximum atomic E-state index is 6.36. The quantitative estimate of drug-likeness (QED) is 0.237. The van der Waals surface area contributed by atoms with Gasteiger partial charge in [0, 0.05) is 37.1 Å². The summed E-state index contributed by atoms with van der Waals surface area (Å²) in [5.74, 6) is 1.70. The Balaban J connectivity index is 1.44. The van der Waals surface area contributed by atoms with Crippen LogP contribution in [0.1, 0.15) is 28.1 Å². The lowest BCUT2D eigenvalue weighted by Gasteiger charge is -2.19. The van der Waals surface area contributed by atoms with Crippen LogP contribution in [0.15, 0.2) is 133 Å². The summed E-state index contributed by atoms with van der Waals surface area (Å²) in [5.41, 5.74) is 10.6. The zero-order chi connectivity index (χ0) is 25.2. The van der Waals surface area contributed by atoms with Gasteiger partial charge in [0.2, 0.25) is 5.69 Å². The fourth-order valence-electron chi connectivity index (χ4n) is 5.07. The van der Waals surface area contributed by atoms with Crippen molar-refractivity contribution >= 4 is 17.6 Å². The van der Waals surface area contributed by atoms with Gasteiger partial charge in [-0.1, -0.05) is 91.0 Å². The molecule has 37 heavy (non-hydrogen) atoms. The zero-order valence-electron chi connectivity index (χ0n) is 21.1. The Kier molecular flexibility index (Phi) is 6.00. The third kappa shape index (κ3) is 4.50. The standard InChI is InChI=1S/C35H28NO/c1-25-32-20-18-27(19-21-33(32)26(2)36(25)31-16-10-5-11-17-31)22-28-23-34(29-12-6-3-7-13-29)37-35(24-28)30-14-8-4-9-15-30/h3-24H,1-2H3/q+1. The van der Waals surface area contributed by atoms with Crippen LogP contribution in [0.3, 0.4) is 0 Å². The number of para-hydroxylation sites is 1. The number of benzene rings is 3. The Hall–Kier alpha value is -4.69. The minimum absolute atomic E-state index is 0.850. The molecule has 0 radical (unpaired) electrons.